The van der Waals surface area contributed by atoms with Gasteiger partial charge in [-0.05, 0) is 50.9 Å². The highest BCUT2D eigenvalue weighted by molar-refractivity contribution is 6.56. The van der Waals surface area contributed by atoms with Gasteiger partial charge in [0.2, 0.25) is 5.91 Å². The number of benzene rings is 1. The molecule has 1 aliphatic rings. The van der Waals surface area contributed by atoms with Gasteiger partial charge in [0.25, 0.3) is 5.56 Å². The second-order valence-electron chi connectivity index (χ2n) is 7.73. The smallest absolute Gasteiger partial charge is 0.400 e. The zero-order valence-electron chi connectivity index (χ0n) is 16.3. The van der Waals surface area contributed by atoms with E-state index in [4.69, 9.17) is 9.31 Å². The lowest BCUT2D eigenvalue weighted by Gasteiger charge is -2.32. The second kappa shape index (κ2) is 6.94. The third kappa shape index (κ3) is 3.96. The molecule has 0 bridgehead atoms. The van der Waals surface area contributed by atoms with Crippen LogP contribution in [0.5, 0.6) is 0 Å². The van der Waals surface area contributed by atoms with E-state index >= 15 is 0 Å². The molecule has 1 aromatic heterocycles. The molecule has 2 N–H and O–H groups in total. The van der Waals surface area contributed by atoms with Gasteiger partial charge in [-0.2, -0.15) is 0 Å². The number of nitrogens with one attached hydrogen (secondary N) is 2. The lowest BCUT2D eigenvalue weighted by atomic mass is 9.77. The lowest BCUT2D eigenvalue weighted by molar-refractivity contribution is -0.118. The number of carbonyl (C=O) groups is 1. The molecule has 1 amide bonds. The third-order valence-electron chi connectivity index (χ3n) is 5.11. The summed E-state index contributed by atoms with van der Waals surface area (Å²) in [6.07, 6.45) is 3.26. The van der Waals surface area contributed by atoms with Crippen LogP contribution in [0.3, 0.4) is 0 Å². The molecule has 0 aliphatic carbocycles. The third-order valence-corrected chi connectivity index (χ3v) is 5.11. The summed E-state index contributed by atoms with van der Waals surface area (Å²) >= 11 is 0. The molecule has 2 heterocycles. The molecule has 1 aliphatic heterocycles. The fraction of sp³-hybridized carbons (Fsp3) is 0.421. The van der Waals surface area contributed by atoms with Crippen LogP contribution in [0.2, 0.25) is 0 Å². The van der Waals surface area contributed by atoms with Crippen molar-refractivity contribution in [3.63, 3.8) is 0 Å². The van der Waals surface area contributed by atoms with Crippen LogP contribution in [0, 0.1) is 0 Å². The van der Waals surface area contributed by atoms with Gasteiger partial charge in [-0.1, -0.05) is 12.1 Å². The van der Waals surface area contributed by atoms with Crippen molar-refractivity contribution in [3.8, 4) is 0 Å². The Hall–Kier alpha value is -2.45. The van der Waals surface area contributed by atoms with Crippen LogP contribution in [0.4, 0.5) is 0 Å². The van der Waals surface area contributed by atoms with Crippen LogP contribution in [-0.4, -0.2) is 40.7 Å². The maximum absolute atomic E-state index is 12.0. The van der Waals surface area contributed by atoms with Crippen molar-refractivity contribution in [2.45, 2.75) is 45.8 Å². The number of fused-ring (bicyclic) bond motifs is 1. The highest BCUT2D eigenvalue weighted by atomic mass is 16.7. The minimum atomic E-state index is -0.593. The maximum atomic E-state index is 12.0. The Morgan fingerprint density at radius 1 is 1.26 bits per heavy atom. The molecule has 1 aromatic carbocycles. The summed E-state index contributed by atoms with van der Waals surface area (Å²) < 4.78 is 12.2. The van der Waals surface area contributed by atoms with Crippen molar-refractivity contribution in [3.05, 3.63) is 45.9 Å². The van der Waals surface area contributed by atoms with Crippen LogP contribution in [0.25, 0.3) is 17.0 Å². The molecule has 0 spiro atoms. The number of hydrogen-bond donors (Lipinski definition) is 2. The first kappa shape index (κ1) is 19.3. The quantitative estimate of drug-likeness (QED) is 0.805. The maximum Gasteiger partial charge on any atom is 0.492 e. The average molecular weight is 369 g/mol. The minimum Gasteiger partial charge on any atom is -0.400 e. The molecule has 1 fully saturated rings. The van der Waals surface area contributed by atoms with Crippen LogP contribution >= 0.6 is 0 Å². The molecule has 0 atom stereocenters. The number of H-pyrrole nitrogens is 1. The van der Waals surface area contributed by atoms with E-state index in [1.54, 1.807) is 12.1 Å². The lowest BCUT2D eigenvalue weighted by Crippen LogP contribution is -2.41. The normalized spacial score (nSPS) is 18.7. The molecule has 8 heteroatoms. The highest BCUT2D eigenvalue weighted by Gasteiger charge is 2.52. The second-order valence-corrected chi connectivity index (χ2v) is 7.73. The summed E-state index contributed by atoms with van der Waals surface area (Å²) in [4.78, 5) is 30.2. The van der Waals surface area contributed by atoms with Crippen molar-refractivity contribution in [1.29, 1.82) is 0 Å². The van der Waals surface area contributed by atoms with Crippen LogP contribution in [-0.2, 0) is 14.1 Å². The van der Waals surface area contributed by atoms with Crippen molar-refractivity contribution in [1.82, 2.24) is 15.3 Å². The van der Waals surface area contributed by atoms with E-state index in [1.807, 2.05) is 39.8 Å². The van der Waals surface area contributed by atoms with Gasteiger partial charge in [-0.25, -0.2) is 4.98 Å². The van der Waals surface area contributed by atoms with Crippen LogP contribution in [0.15, 0.2) is 34.8 Å². The van der Waals surface area contributed by atoms with Crippen molar-refractivity contribution in [2.75, 3.05) is 6.54 Å². The Balaban J connectivity index is 1.99. The van der Waals surface area contributed by atoms with Gasteiger partial charge in [0.05, 0.1) is 28.4 Å². The van der Waals surface area contributed by atoms with Crippen molar-refractivity contribution >= 4 is 30.0 Å². The van der Waals surface area contributed by atoms with E-state index in [1.165, 1.54) is 13.3 Å². The number of carbonyl (C=O) groups excluding carboxylic acids is 1. The molecule has 142 valence electrons. The Labute approximate surface area is 158 Å². The molecule has 2 aromatic rings. The first-order valence-electron chi connectivity index (χ1n) is 8.87. The van der Waals surface area contributed by atoms with Gasteiger partial charge in [0.15, 0.2) is 0 Å². The van der Waals surface area contributed by atoms with Gasteiger partial charge in [0, 0.05) is 13.5 Å². The Bertz CT molecular complexity index is 949. The molecule has 1 saturated heterocycles. The molecule has 7 nitrogen and oxygen atoms in total. The summed E-state index contributed by atoms with van der Waals surface area (Å²) in [7, 11) is -0.593. The predicted octanol–water partition coefficient (Wildman–Crippen LogP) is 2.07. The largest absolute Gasteiger partial charge is 0.492 e. The van der Waals surface area contributed by atoms with E-state index in [2.05, 4.69) is 15.3 Å². The number of hydrogen-bond acceptors (Lipinski definition) is 5. The van der Waals surface area contributed by atoms with Gasteiger partial charge in [-0.3, -0.25) is 9.59 Å². The van der Waals surface area contributed by atoms with E-state index in [-0.39, 0.29) is 18.0 Å². The summed E-state index contributed by atoms with van der Waals surface area (Å²) in [6, 6.07) is 5.42. The van der Waals surface area contributed by atoms with Gasteiger partial charge in [-0.15, -0.1) is 0 Å². The fourth-order valence-corrected chi connectivity index (χ4v) is 2.81. The fourth-order valence-electron chi connectivity index (χ4n) is 2.81. The molecule has 0 unspecified atom stereocenters. The van der Waals surface area contributed by atoms with Crippen LogP contribution in [0.1, 0.15) is 40.2 Å². The molecular formula is C19H24BN3O4. The Morgan fingerprint density at radius 2 is 1.93 bits per heavy atom. The summed E-state index contributed by atoms with van der Waals surface area (Å²) in [5, 5.41) is 3.30. The van der Waals surface area contributed by atoms with Gasteiger partial charge >= 0.3 is 7.12 Å². The number of amides is 1. The standard InChI is InChI=1S/C19H24BN3O4/c1-12(24)21-10-14(20-26-18(2,3)19(4,5)27-20)8-13-6-7-16-15(9-13)17(25)23-11-22-16/h6-9,11H,10H2,1-5H3,(H,21,24)(H,22,23,25). The first-order valence-corrected chi connectivity index (χ1v) is 8.87. The van der Waals surface area contributed by atoms with E-state index < -0.39 is 18.3 Å². The van der Waals surface area contributed by atoms with Gasteiger partial charge in [0.1, 0.15) is 0 Å². The van der Waals surface area contributed by atoms with Crippen molar-refractivity contribution in [2.24, 2.45) is 0 Å². The summed E-state index contributed by atoms with van der Waals surface area (Å²) in [5.74, 6) is -0.142. The molecule has 27 heavy (non-hydrogen) atoms. The number of aromatic amines is 1. The molecule has 3 rings (SSSR count). The zero-order chi connectivity index (χ0) is 19.8. The molecule has 0 radical (unpaired) electrons. The Kier molecular flexibility index (Phi) is 4.97. The molecular weight excluding hydrogens is 345 g/mol. The average Bonchev–Trinajstić information content (AvgIpc) is 2.79. The van der Waals surface area contributed by atoms with Crippen LogP contribution < -0.4 is 10.9 Å². The molecule has 0 saturated carbocycles. The summed E-state index contributed by atoms with van der Waals surface area (Å²) in [6.45, 7) is 9.65. The monoisotopic (exact) mass is 369 g/mol. The minimum absolute atomic E-state index is 0.142. The number of aromatic nitrogens is 2. The van der Waals surface area contributed by atoms with E-state index in [0.717, 1.165) is 11.0 Å². The van der Waals surface area contributed by atoms with E-state index in [0.29, 0.717) is 10.9 Å². The highest BCUT2D eigenvalue weighted by Crippen LogP contribution is 2.38. The van der Waals surface area contributed by atoms with Crippen molar-refractivity contribution < 1.29 is 14.1 Å². The topological polar surface area (TPSA) is 93.3 Å². The summed E-state index contributed by atoms with van der Waals surface area (Å²) in [5.41, 5.74) is 1.01. The Morgan fingerprint density at radius 3 is 2.56 bits per heavy atom. The number of rotatable bonds is 4. The predicted molar refractivity (Wildman–Crippen MR) is 105 cm³/mol. The zero-order valence-corrected chi connectivity index (χ0v) is 16.3. The SMILES string of the molecule is CC(=O)NCC(=Cc1ccc2nc[nH]c(=O)c2c1)B1OC(C)(C)C(C)(C)O1. The first-order chi connectivity index (χ1) is 12.6. The van der Waals surface area contributed by atoms with E-state index in [9.17, 15) is 9.59 Å². The number of nitrogens with zero attached hydrogens (tertiary/aromatic N) is 1. The van der Waals surface area contributed by atoms with Gasteiger partial charge < -0.3 is 19.6 Å².